The van der Waals surface area contributed by atoms with E-state index in [0.717, 1.165) is 0 Å². The summed E-state index contributed by atoms with van der Waals surface area (Å²) in [4.78, 5) is 13.3. The van der Waals surface area contributed by atoms with Gasteiger partial charge in [-0.25, -0.2) is 4.39 Å². The number of aliphatic hydroxyl groups is 1. The Labute approximate surface area is 101 Å². The van der Waals surface area contributed by atoms with E-state index in [1.54, 1.807) is 13.0 Å². The van der Waals surface area contributed by atoms with Crippen LogP contribution in [-0.2, 0) is 0 Å². The zero-order chi connectivity index (χ0) is 11.9. The molecule has 1 aliphatic rings. The van der Waals surface area contributed by atoms with Crippen LogP contribution in [0.1, 0.15) is 17.3 Å². The molecule has 1 aromatic carbocycles. The molecular formula is C11H11BrFNO2. The maximum atomic E-state index is 13.2. The van der Waals surface area contributed by atoms with Crippen LogP contribution in [0, 0.1) is 5.82 Å². The average molecular weight is 288 g/mol. The minimum atomic E-state index is -0.802. The molecule has 86 valence electrons. The fourth-order valence-corrected chi connectivity index (χ4v) is 1.98. The number of carbonyl (C=O) groups is 1. The number of benzene rings is 1. The Hall–Kier alpha value is -0.940. The van der Waals surface area contributed by atoms with Crippen molar-refractivity contribution in [2.75, 3.05) is 13.1 Å². The second kappa shape index (κ2) is 3.82. The average Bonchev–Trinajstić information content (AvgIpc) is 2.17. The minimum Gasteiger partial charge on any atom is -0.386 e. The van der Waals surface area contributed by atoms with Gasteiger partial charge >= 0.3 is 0 Å². The van der Waals surface area contributed by atoms with Crippen LogP contribution in [-0.4, -0.2) is 34.6 Å². The van der Waals surface area contributed by atoms with Crippen LogP contribution in [0.15, 0.2) is 22.7 Å². The van der Waals surface area contributed by atoms with Crippen molar-refractivity contribution in [3.05, 3.63) is 34.1 Å². The SMILES string of the molecule is CC1(O)CN(C(=O)c2ccc(Br)c(F)c2)C1. The predicted molar refractivity (Wildman–Crippen MR) is 60.6 cm³/mol. The van der Waals surface area contributed by atoms with Crippen LogP contribution in [0.5, 0.6) is 0 Å². The van der Waals surface area contributed by atoms with E-state index < -0.39 is 11.4 Å². The highest BCUT2D eigenvalue weighted by atomic mass is 79.9. The number of carbonyl (C=O) groups excluding carboxylic acids is 1. The van der Waals surface area contributed by atoms with Gasteiger partial charge in [0.25, 0.3) is 5.91 Å². The summed E-state index contributed by atoms with van der Waals surface area (Å²) in [5.41, 5.74) is -0.500. The van der Waals surface area contributed by atoms with Gasteiger partial charge < -0.3 is 10.0 Å². The summed E-state index contributed by atoms with van der Waals surface area (Å²) >= 11 is 3.02. The molecule has 0 saturated carbocycles. The minimum absolute atomic E-state index is 0.252. The molecule has 0 aromatic heterocycles. The topological polar surface area (TPSA) is 40.5 Å². The number of hydrogen-bond donors (Lipinski definition) is 1. The number of halogens is 2. The molecule has 0 spiro atoms. The van der Waals surface area contributed by atoms with Crippen molar-refractivity contribution in [2.24, 2.45) is 0 Å². The maximum absolute atomic E-state index is 13.2. The van der Waals surface area contributed by atoms with E-state index in [9.17, 15) is 14.3 Å². The highest BCUT2D eigenvalue weighted by molar-refractivity contribution is 9.10. The van der Waals surface area contributed by atoms with E-state index >= 15 is 0 Å². The Morgan fingerprint density at radius 3 is 2.69 bits per heavy atom. The Balaban J connectivity index is 2.13. The highest BCUT2D eigenvalue weighted by Crippen LogP contribution is 2.23. The summed E-state index contributed by atoms with van der Waals surface area (Å²) in [6, 6.07) is 4.25. The van der Waals surface area contributed by atoms with Gasteiger partial charge in [-0.05, 0) is 41.1 Å². The van der Waals surface area contributed by atoms with Gasteiger partial charge in [0.15, 0.2) is 0 Å². The van der Waals surface area contributed by atoms with Gasteiger partial charge in [-0.2, -0.15) is 0 Å². The van der Waals surface area contributed by atoms with Crippen LogP contribution >= 0.6 is 15.9 Å². The second-order valence-electron chi connectivity index (χ2n) is 4.29. The molecule has 1 amide bonds. The molecule has 0 unspecified atom stereocenters. The molecular weight excluding hydrogens is 277 g/mol. The van der Waals surface area contributed by atoms with Crippen molar-refractivity contribution in [1.82, 2.24) is 4.90 Å². The largest absolute Gasteiger partial charge is 0.386 e. The summed E-state index contributed by atoms with van der Waals surface area (Å²) in [5.74, 6) is -0.712. The monoisotopic (exact) mass is 287 g/mol. The third-order valence-corrected chi connectivity index (χ3v) is 3.16. The Morgan fingerprint density at radius 2 is 2.19 bits per heavy atom. The molecule has 1 N–H and O–H groups in total. The first-order valence-corrected chi connectivity index (χ1v) is 5.65. The van der Waals surface area contributed by atoms with Crippen LogP contribution in [0.25, 0.3) is 0 Å². The number of β-amino-alcohol motifs (C(OH)–C–C–N with tert-alkyl or cyclic N) is 1. The predicted octanol–water partition coefficient (Wildman–Crippen LogP) is 1.80. The Kier molecular flexibility index (Phi) is 2.75. The number of nitrogens with zero attached hydrogens (tertiary/aromatic N) is 1. The molecule has 0 bridgehead atoms. The summed E-state index contributed by atoms with van der Waals surface area (Å²) in [6.45, 7) is 2.26. The van der Waals surface area contributed by atoms with Crippen LogP contribution in [0.4, 0.5) is 4.39 Å². The van der Waals surface area contributed by atoms with E-state index in [2.05, 4.69) is 15.9 Å². The van der Waals surface area contributed by atoms with Gasteiger partial charge in [0.2, 0.25) is 0 Å². The summed E-state index contributed by atoms with van der Waals surface area (Å²) in [7, 11) is 0. The molecule has 0 atom stereocenters. The fraction of sp³-hybridized carbons (Fsp3) is 0.364. The van der Waals surface area contributed by atoms with Crippen molar-refractivity contribution >= 4 is 21.8 Å². The van der Waals surface area contributed by atoms with Crippen LogP contribution in [0.2, 0.25) is 0 Å². The molecule has 1 heterocycles. The zero-order valence-electron chi connectivity index (χ0n) is 8.70. The first-order chi connectivity index (χ1) is 7.39. The standard InChI is InChI=1S/C11H11BrFNO2/c1-11(16)5-14(6-11)10(15)7-2-3-8(12)9(13)4-7/h2-4,16H,5-6H2,1H3. The molecule has 1 aliphatic heterocycles. The van der Waals surface area contributed by atoms with E-state index in [1.807, 2.05) is 0 Å². The summed E-state index contributed by atoms with van der Waals surface area (Å²) in [5, 5.41) is 9.50. The van der Waals surface area contributed by atoms with Gasteiger partial charge in [0.05, 0.1) is 23.2 Å². The quantitative estimate of drug-likeness (QED) is 0.856. The fourth-order valence-electron chi connectivity index (χ4n) is 1.73. The summed E-state index contributed by atoms with van der Waals surface area (Å²) < 4.78 is 13.5. The lowest BCUT2D eigenvalue weighted by Gasteiger charge is -2.44. The smallest absolute Gasteiger partial charge is 0.254 e. The lowest BCUT2D eigenvalue weighted by molar-refractivity contribution is -0.0668. The van der Waals surface area contributed by atoms with E-state index in [0.29, 0.717) is 23.1 Å². The maximum Gasteiger partial charge on any atom is 0.254 e. The van der Waals surface area contributed by atoms with Crippen LogP contribution in [0.3, 0.4) is 0 Å². The number of likely N-dealkylation sites (tertiary alicyclic amines) is 1. The van der Waals surface area contributed by atoms with Crippen molar-refractivity contribution in [3.8, 4) is 0 Å². The van der Waals surface area contributed by atoms with Crippen molar-refractivity contribution < 1.29 is 14.3 Å². The first-order valence-electron chi connectivity index (χ1n) is 4.86. The molecule has 0 radical (unpaired) electrons. The van der Waals surface area contributed by atoms with E-state index in [-0.39, 0.29) is 5.91 Å². The molecule has 3 nitrogen and oxygen atoms in total. The third-order valence-electron chi connectivity index (χ3n) is 2.52. The van der Waals surface area contributed by atoms with Gasteiger partial charge in [-0.15, -0.1) is 0 Å². The number of hydrogen-bond acceptors (Lipinski definition) is 2. The summed E-state index contributed by atoms with van der Waals surface area (Å²) in [6.07, 6.45) is 0. The third kappa shape index (κ3) is 2.10. The Bertz CT molecular complexity index is 440. The van der Waals surface area contributed by atoms with Gasteiger partial charge in [0.1, 0.15) is 5.82 Å². The van der Waals surface area contributed by atoms with Gasteiger partial charge in [-0.3, -0.25) is 4.79 Å². The molecule has 1 saturated heterocycles. The molecule has 1 aromatic rings. The normalized spacial score (nSPS) is 18.1. The Morgan fingerprint density at radius 1 is 1.56 bits per heavy atom. The number of amides is 1. The van der Waals surface area contributed by atoms with Gasteiger partial charge in [-0.1, -0.05) is 0 Å². The first kappa shape index (κ1) is 11.5. The van der Waals surface area contributed by atoms with Gasteiger partial charge in [0, 0.05) is 5.56 Å². The van der Waals surface area contributed by atoms with Crippen molar-refractivity contribution in [1.29, 1.82) is 0 Å². The zero-order valence-corrected chi connectivity index (χ0v) is 10.3. The molecule has 5 heteroatoms. The van der Waals surface area contributed by atoms with Crippen molar-refractivity contribution in [2.45, 2.75) is 12.5 Å². The van der Waals surface area contributed by atoms with E-state index in [1.165, 1.54) is 17.0 Å². The molecule has 0 aliphatic carbocycles. The number of rotatable bonds is 1. The van der Waals surface area contributed by atoms with Crippen LogP contribution < -0.4 is 0 Å². The molecule has 2 rings (SSSR count). The van der Waals surface area contributed by atoms with Crippen molar-refractivity contribution in [3.63, 3.8) is 0 Å². The lowest BCUT2D eigenvalue weighted by atomic mass is 9.96. The molecule has 16 heavy (non-hydrogen) atoms. The highest BCUT2D eigenvalue weighted by Gasteiger charge is 2.39. The van der Waals surface area contributed by atoms with E-state index in [4.69, 9.17) is 0 Å². The molecule has 1 fully saturated rings. The second-order valence-corrected chi connectivity index (χ2v) is 5.14. The lowest BCUT2D eigenvalue weighted by Crippen LogP contribution is -2.61.